The van der Waals surface area contributed by atoms with Crippen LogP contribution in [0.4, 0.5) is 13.2 Å². The molecule has 0 spiro atoms. The van der Waals surface area contributed by atoms with Crippen molar-refractivity contribution >= 4 is 27.5 Å². The molecule has 0 unspecified atom stereocenters. The number of nitrogens with zero attached hydrogens (tertiary/aromatic N) is 4. The summed E-state index contributed by atoms with van der Waals surface area (Å²) >= 11 is 1.31. The predicted octanol–water partition coefficient (Wildman–Crippen LogP) is 2.41. The van der Waals surface area contributed by atoms with E-state index in [-0.39, 0.29) is 24.0 Å². The monoisotopic (exact) mass is 355 g/mol. The van der Waals surface area contributed by atoms with Gasteiger partial charge >= 0.3 is 6.18 Å². The highest BCUT2D eigenvalue weighted by Gasteiger charge is 2.31. The molecule has 1 aromatic carbocycles. The quantitative estimate of drug-likeness (QED) is 0.780. The Bertz CT molecular complexity index is 886. The van der Waals surface area contributed by atoms with Crippen LogP contribution in [0.2, 0.25) is 0 Å². The number of aromatic nitrogens is 4. The molecule has 0 bridgehead atoms. The van der Waals surface area contributed by atoms with Crippen molar-refractivity contribution in [3.8, 4) is 11.4 Å². The van der Waals surface area contributed by atoms with Crippen molar-refractivity contribution in [2.24, 2.45) is 0 Å². The van der Waals surface area contributed by atoms with Gasteiger partial charge in [-0.3, -0.25) is 4.79 Å². The summed E-state index contributed by atoms with van der Waals surface area (Å²) < 4.78 is 40.1. The maximum Gasteiger partial charge on any atom is 0.408 e. The van der Waals surface area contributed by atoms with Crippen LogP contribution in [-0.2, 0) is 17.8 Å². The maximum atomic E-state index is 12.9. The lowest BCUT2D eigenvalue weighted by atomic mass is 10.2. The second-order valence-electron chi connectivity index (χ2n) is 4.98. The molecule has 1 N–H and O–H groups in total. The first-order valence-corrected chi connectivity index (χ1v) is 7.79. The lowest BCUT2D eigenvalue weighted by Crippen LogP contribution is -2.21. The summed E-state index contributed by atoms with van der Waals surface area (Å²) in [7, 11) is 1.44. The van der Waals surface area contributed by atoms with Crippen LogP contribution >= 0.6 is 11.3 Å². The van der Waals surface area contributed by atoms with Gasteiger partial charge in [0.1, 0.15) is 6.54 Å². The number of benzene rings is 1. The molecule has 0 fully saturated rings. The number of hydrogen-bond acceptors (Lipinski definition) is 5. The summed E-state index contributed by atoms with van der Waals surface area (Å²) in [6.45, 7) is -1.28. The number of halogens is 3. The average Bonchev–Trinajstić information content (AvgIpc) is 3.12. The van der Waals surface area contributed by atoms with E-state index >= 15 is 0 Å². The van der Waals surface area contributed by atoms with Gasteiger partial charge in [-0.15, -0.1) is 11.3 Å². The van der Waals surface area contributed by atoms with Crippen LogP contribution in [0.5, 0.6) is 0 Å². The Morgan fingerprint density at radius 3 is 2.88 bits per heavy atom. The van der Waals surface area contributed by atoms with E-state index in [1.165, 1.54) is 18.4 Å². The van der Waals surface area contributed by atoms with E-state index < -0.39 is 12.7 Å². The first kappa shape index (κ1) is 16.4. The largest absolute Gasteiger partial charge is 0.408 e. The van der Waals surface area contributed by atoms with Crippen molar-refractivity contribution < 1.29 is 18.0 Å². The number of thiazole rings is 1. The van der Waals surface area contributed by atoms with E-state index in [9.17, 15) is 18.0 Å². The molecule has 10 heteroatoms. The standard InChI is InChI=1S/C14H12F3N5OS/c1-18-11(23)5-10-20-13(22(21-10)6-14(15,16)17)8-3-2-4-9-12(8)24-7-19-9/h2-4,7H,5-6H2,1H3,(H,18,23). The highest BCUT2D eigenvalue weighted by molar-refractivity contribution is 7.17. The van der Waals surface area contributed by atoms with Crippen LogP contribution < -0.4 is 5.32 Å². The number of likely N-dealkylation sites (N-methyl/N-ethyl adjacent to an activating group) is 1. The normalized spacial score (nSPS) is 11.8. The number of carbonyl (C=O) groups is 1. The van der Waals surface area contributed by atoms with Gasteiger partial charge in [-0.1, -0.05) is 6.07 Å². The molecule has 3 aromatic rings. The SMILES string of the molecule is CNC(=O)Cc1nc(-c2cccc3ncsc23)n(CC(F)(F)F)n1. The lowest BCUT2D eigenvalue weighted by Gasteiger charge is -2.09. The minimum atomic E-state index is -4.45. The number of carbonyl (C=O) groups excluding carboxylic acids is 1. The fraction of sp³-hybridized carbons (Fsp3) is 0.286. The molecule has 0 aliphatic heterocycles. The highest BCUT2D eigenvalue weighted by Crippen LogP contribution is 2.31. The summed E-state index contributed by atoms with van der Waals surface area (Å²) in [5.74, 6) is -0.266. The fourth-order valence-electron chi connectivity index (χ4n) is 2.24. The molecule has 3 rings (SSSR count). The maximum absolute atomic E-state index is 12.9. The third-order valence-electron chi connectivity index (χ3n) is 3.24. The van der Waals surface area contributed by atoms with E-state index in [4.69, 9.17) is 0 Å². The number of alkyl halides is 3. The van der Waals surface area contributed by atoms with Gasteiger partial charge in [-0.2, -0.15) is 18.3 Å². The zero-order valence-electron chi connectivity index (χ0n) is 12.5. The first-order valence-electron chi connectivity index (χ1n) is 6.91. The molecule has 0 radical (unpaired) electrons. The third-order valence-corrected chi connectivity index (χ3v) is 4.12. The van der Waals surface area contributed by atoms with Gasteiger partial charge < -0.3 is 5.32 Å². The summed E-state index contributed by atoms with van der Waals surface area (Å²) in [5, 5.41) is 6.26. The van der Waals surface area contributed by atoms with E-state index in [1.54, 1.807) is 23.7 Å². The Morgan fingerprint density at radius 2 is 2.17 bits per heavy atom. The predicted molar refractivity (Wildman–Crippen MR) is 82.5 cm³/mol. The first-order chi connectivity index (χ1) is 11.4. The van der Waals surface area contributed by atoms with Gasteiger partial charge in [0.05, 0.1) is 22.1 Å². The number of fused-ring (bicyclic) bond motifs is 1. The van der Waals surface area contributed by atoms with Gasteiger partial charge in [0.25, 0.3) is 0 Å². The van der Waals surface area contributed by atoms with Crippen molar-refractivity contribution in [3.05, 3.63) is 29.5 Å². The van der Waals surface area contributed by atoms with Crippen molar-refractivity contribution in [1.29, 1.82) is 0 Å². The highest BCUT2D eigenvalue weighted by atomic mass is 32.1. The Kier molecular flexibility index (Phi) is 4.22. The third kappa shape index (κ3) is 3.37. The zero-order valence-corrected chi connectivity index (χ0v) is 13.3. The second kappa shape index (κ2) is 6.19. The molecule has 0 saturated carbocycles. The second-order valence-corrected chi connectivity index (χ2v) is 5.84. The van der Waals surface area contributed by atoms with Crippen molar-refractivity contribution in [3.63, 3.8) is 0 Å². The van der Waals surface area contributed by atoms with Crippen LogP contribution in [0.15, 0.2) is 23.7 Å². The molecule has 2 aromatic heterocycles. The molecular formula is C14H12F3N5OS. The molecule has 2 heterocycles. The average molecular weight is 355 g/mol. The van der Waals surface area contributed by atoms with Gasteiger partial charge in [0, 0.05) is 12.6 Å². The molecular weight excluding hydrogens is 343 g/mol. The molecule has 0 atom stereocenters. The van der Waals surface area contributed by atoms with E-state index in [0.717, 1.165) is 9.38 Å². The molecule has 0 aliphatic carbocycles. The minimum Gasteiger partial charge on any atom is -0.359 e. The number of hydrogen-bond donors (Lipinski definition) is 1. The van der Waals surface area contributed by atoms with Crippen LogP contribution in [0.3, 0.4) is 0 Å². The summed E-state index contributed by atoms with van der Waals surface area (Å²) in [4.78, 5) is 19.8. The topological polar surface area (TPSA) is 72.7 Å². The van der Waals surface area contributed by atoms with Crippen molar-refractivity contribution in [1.82, 2.24) is 25.1 Å². The van der Waals surface area contributed by atoms with Crippen molar-refractivity contribution in [2.75, 3.05) is 7.05 Å². The Labute approximate surface area is 138 Å². The number of nitrogens with one attached hydrogen (secondary N) is 1. The summed E-state index contributed by atoms with van der Waals surface area (Å²) in [6, 6.07) is 5.13. The molecule has 0 saturated heterocycles. The van der Waals surface area contributed by atoms with Gasteiger partial charge in [-0.25, -0.2) is 14.6 Å². The fourth-order valence-corrected chi connectivity index (χ4v) is 3.04. The Morgan fingerprint density at radius 1 is 1.38 bits per heavy atom. The van der Waals surface area contributed by atoms with Crippen LogP contribution in [-0.4, -0.2) is 38.9 Å². The van der Waals surface area contributed by atoms with Crippen LogP contribution in [0, 0.1) is 0 Å². The Balaban J connectivity index is 2.10. The van der Waals surface area contributed by atoms with Crippen molar-refractivity contribution in [2.45, 2.75) is 19.1 Å². The summed E-state index contributed by atoms with van der Waals surface area (Å²) in [5.41, 5.74) is 2.80. The number of amides is 1. The van der Waals surface area contributed by atoms with Crippen LogP contribution in [0.25, 0.3) is 21.6 Å². The van der Waals surface area contributed by atoms with Crippen LogP contribution in [0.1, 0.15) is 5.82 Å². The molecule has 6 nitrogen and oxygen atoms in total. The van der Waals surface area contributed by atoms with Gasteiger partial charge in [-0.05, 0) is 12.1 Å². The molecule has 0 aliphatic rings. The molecule has 1 amide bonds. The van der Waals surface area contributed by atoms with E-state index in [2.05, 4.69) is 20.4 Å². The smallest absolute Gasteiger partial charge is 0.359 e. The summed E-state index contributed by atoms with van der Waals surface area (Å²) in [6.07, 6.45) is -4.64. The minimum absolute atomic E-state index is 0.0371. The van der Waals surface area contributed by atoms with E-state index in [1.807, 2.05) is 0 Å². The molecule has 24 heavy (non-hydrogen) atoms. The molecule has 126 valence electrons. The van der Waals surface area contributed by atoms with E-state index in [0.29, 0.717) is 11.1 Å². The lowest BCUT2D eigenvalue weighted by molar-refractivity contribution is -0.142. The zero-order chi connectivity index (χ0) is 17.3. The Hall–Kier alpha value is -2.49. The van der Waals surface area contributed by atoms with Gasteiger partial charge in [0.2, 0.25) is 5.91 Å². The van der Waals surface area contributed by atoms with Gasteiger partial charge in [0.15, 0.2) is 11.6 Å². The number of rotatable bonds is 4.